The van der Waals surface area contributed by atoms with E-state index in [0.717, 1.165) is 29.8 Å². The van der Waals surface area contributed by atoms with Crippen LogP contribution >= 0.6 is 0 Å². The van der Waals surface area contributed by atoms with Gasteiger partial charge >= 0.3 is 5.97 Å². The minimum Gasteiger partial charge on any atom is -0.489 e. The molecule has 0 spiro atoms. The predicted molar refractivity (Wildman–Crippen MR) is 123 cm³/mol. The quantitative estimate of drug-likeness (QED) is 0.540. The number of hydrogen-bond donors (Lipinski definition) is 1. The molecular weight excluding hydrogens is 421 g/mol. The Morgan fingerprint density at radius 3 is 2.76 bits per heavy atom. The van der Waals surface area contributed by atoms with E-state index in [2.05, 4.69) is 14.9 Å². The second-order valence-corrected chi connectivity index (χ2v) is 8.77. The minimum atomic E-state index is -0.776. The van der Waals surface area contributed by atoms with Gasteiger partial charge in [0.2, 0.25) is 0 Å². The van der Waals surface area contributed by atoms with Crippen molar-refractivity contribution in [2.24, 2.45) is 5.92 Å². The average Bonchev–Trinajstić information content (AvgIpc) is 2.78. The lowest BCUT2D eigenvalue weighted by Gasteiger charge is -2.29. The lowest BCUT2D eigenvalue weighted by molar-refractivity contribution is -0.138. The highest BCUT2D eigenvalue weighted by molar-refractivity contribution is 5.67. The van der Waals surface area contributed by atoms with Crippen LogP contribution in [-0.2, 0) is 24.4 Å². The number of ether oxygens (including phenoxy) is 1. The van der Waals surface area contributed by atoms with E-state index in [-0.39, 0.29) is 12.3 Å². The van der Waals surface area contributed by atoms with Crippen LogP contribution in [0.1, 0.15) is 35.7 Å². The number of hydrogen-bond acceptors (Lipinski definition) is 5. The van der Waals surface area contributed by atoms with E-state index in [9.17, 15) is 9.18 Å². The third-order valence-corrected chi connectivity index (χ3v) is 5.81. The summed E-state index contributed by atoms with van der Waals surface area (Å²) in [4.78, 5) is 22.2. The number of aryl methyl sites for hydroxylation is 1. The number of benzene rings is 2. The van der Waals surface area contributed by atoms with Crippen LogP contribution in [0, 0.1) is 18.7 Å². The van der Waals surface area contributed by atoms with Crippen LogP contribution in [0.2, 0.25) is 0 Å². The van der Waals surface area contributed by atoms with Crippen LogP contribution in [0.3, 0.4) is 0 Å². The van der Waals surface area contributed by atoms with Crippen LogP contribution in [0.5, 0.6) is 5.75 Å². The SMILES string of the molecule is Cc1ccc(COc2ccc(-c3ncc4c(n3)CCN(CC(C)CC(=O)O)C4)c(F)c2)cc1. The Hall–Kier alpha value is -3.32. The molecule has 0 saturated carbocycles. The van der Waals surface area contributed by atoms with Gasteiger partial charge in [-0.05, 0) is 30.5 Å². The molecule has 0 bridgehead atoms. The van der Waals surface area contributed by atoms with Gasteiger partial charge < -0.3 is 9.84 Å². The lowest BCUT2D eigenvalue weighted by Crippen LogP contribution is -2.35. The third-order valence-electron chi connectivity index (χ3n) is 5.81. The van der Waals surface area contributed by atoms with Crippen LogP contribution in [0.25, 0.3) is 11.4 Å². The van der Waals surface area contributed by atoms with Crippen LogP contribution in [0.15, 0.2) is 48.7 Å². The molecule has 1 aromatic heterocycles. The van der Waals surface area contributed by atoms with Crippen molar-refractivity contribution in [1.82, 2.24) is 14.9 Å². The second kappa shape index (κ2) is 10.1. The molecule has 33 heavy (non-hydrogen) atoms. The molecule has 1 unspecified atom stereocenters. The van der Waals surface area contributed by atoms with E-state index in [4.69, 9.17) is 9.84 Å². The van der Waals surface area contributed by atoms with Crippen molar-refractivity contribution < 1.29 is 19.0 Å². The summed E-state index contributed by atoms with van der Waals surface area (Å²) in [5.74, 6) is -0.298. The number of carboxylic acids is 1. The molecule has 2 heterocycles. The fourth-order valence-corrected chi connectivity index (χ4v) is 4.08. The van der Waals surface area contributed by atoms with Crippen molar-refractivity contribution in [2.45, 2.75) is 39.8 Å². The second-order valence-electron chi connectivity index (χ2n) is 8.77. The monoisotopic (exact) mass is 449 g/mol. The Balaban J connectivity index is 1.41. The molecule has 3 aromatic rings. The Bertz CT molecular complexity index is 1130. The molecule has 4 rings (SSSR count). The fraction of sp³-hybridized carbons (Fsp3) is 0.346. The van der Waals surface area contributed by atoms with E-state index in [1.165, 1.54) is 11.6 Å². The number of fused-ring (bicyclic) bond motifs is 1. The maximum Gasteiger partial charge on any atom is 0.303 e. The van der Waals surface area contributed by atoms with Gasteiger partial charge in [-0.15, -0.1) is 0 Å². The number of halogens is 1. The van der Waals surface area contributed by atoms with E-state index in [1.807, 2.05) is 38.1 Å². The van der Waals surface area contributed by atoms with Crippen molar-refractivity contribution in [3.8, 4) is 17.1 Å². The Morgan fingerprint density at radius 1 is 1.24 bits per heavy atom. The molecule has 0 aliphatic carbocycles. The zero-order chi connectivity index (χ0) is 23.4. The first-order valence-corrected chi connectivity index (χ1v) is 11.1. The molecule has 172 valence electrons. The van der Waals surface area contributed by atoms with Crippen LogP contribution in [0.4, 0.5) is 4.39 Å². The molecule has 7 heteroatoms. The summed E-state index contributed by atoms with van der Waals surface area (Å²) in [5, 5.41) is 8.96. The summed E-state index contributed by atoms with van der Waals surface area (Å²) in [7, 11) is 0. The number of nitrogens with zero attached hydrogens (tertiary/aromatic N) is 3. The van der Waals surface area contributed by atoms with Gasteiger partial charge in [0.05, 0.1) is 11.3 Å². The van der Waals surface area contributed by atoms with Gasteiger partial charge in [0.25, 0.3) is 0 Å². The topological polar surface area (TPSA) is 75.6 Å². The van der Waals surface area contributed by atoms with Crippen molar-refractivity contribution in [1.29, 1.82) is 0 Å². The van der Waals surface area contributed by atoms with E-state index < -0.39 is 11.8 Å². The Morgan fingerprint density at radius 2 is 2.03 bits per heavy atom. The highest BCUT2D eigenvalue weighted by atomic mass is 19.1. The summed E-state index contributed by atoms with van der Waals surface area (Å²) >= 11 is 0. The normalized spacial score (nSPS) is 14.5. The summed E-state index contributed by atoms with van der Waals surface area (Å²) in [6.45, 7) is 6.53. The molecule has 1 aliphatic heterocycles. The van der Waals surface area contributed by atoms with Crippen molar-refractivity contribution in [2.75, 3.05) is 13.1 Å². The number of carboxylic acid groups (broad SMARTS) is 1. The molecule has 0 saturated heterocycles. The highest BCUT2D eigenvalue weighted by Crippen LogP contribution is 2.26. The number of aliphatic carboxylic acids is 1. The van der Waals surface area contributed by atoms with E-state index in [1.54, 1.807) is 18.3 Å². The first kappa shape index (κ1) is 22.9. The number of carbonyl (C=O) groups is 1. The maximum atomic E-state index is 14.8. The fourth-order valence-electron chi connectivity index (χ4n) is 4.08. The number of aromatic nitrogens is 2. The molecule has 6 nitrogen and oxygen atoms in total. The minimum absolute atomic E-state index is 0.0741. The summed E-state index contributed by atoms with van der Waals surface area (Å²) in [6, 6.07) is 12.8. The van der Waals surface area contributed by atoms with Gasteiger partial charge in [-0.1, -0.05) is 36.8 Å². The van der Waals surface area contributed by atoms with Gasteiger partial charge in [-0.3, -0.25) is 9.69 Å². The van der Waals surface area contributed by atoms with Gasteiger partial charge in [0, 0.05) is 50.3 Å². The number of rotatable bonds is 8. The zero-order valence-corrected chi connectivity index (χ0v) is 18.9. The molecule has 0 radical (unpaired) electrons. The van der Waals surface area contributed by atoms with Gasteiger partial charge in [-0.25, -0.2) is 14.4 Å². The first-order chi connectivity index (χ1) is 15.9. The highest BCUT2D eigenvalue weighted by Gasteiger charge is 2.21. The summed E-state index contributed by atoms with van der Waals surface area (Å²) < 4.78 is 20.6. The van der Waals surface area contributed by atoms with Gasteiger partial charge in [0.1, 0.15) is 18.2 Å². The summed E-state index contributed by atoms with van der Waals surface area (Å²) in [5.41, 5.74) is 4.47. The predicted octanol–water partition coefficient (Wildman–Crippen LogP) is 4.64. The zero-order valence-electron chi connectivity index (χ0n) is 18.9. The third kappa shape index (κ3) is 5.93. The average molecular weight is 450 g/mol. The largest absolute Gasteiger partial charge is 0.489 e. The lowest BCUT2D eigenvalue weighted by atomic mass is 10.0. The molecule has 1 atom stereocenters. The Labute approximate surface area is 193 Å². The van der Waals surface area contributed by atoms with Crippen LogP contribution in [-0.4, -0.2) is 39.0 Å². The molecule has 0 fully saturated rings. The Kier molecular flexibility index (Phi) is 6.99. The molecule has 1 aliphatic rings. The molecule has 1 N–H and O–H groups in total. The van der Waals surface area contributed by atoms with Crippen molar-refractivity contribution >= 4 is 5.97 Å². The van der Waals surface area contributed by atoms with E-state index in [0.29, 0.717) is 36.8 Å². The van der Waals surface area contributed by atoms with Crippen molar-refractivity contribution in [3.63, 3.8) is 0 Å². The van der Waals surface area contributed by atoms with Gasteiger partial charge in [0.15, 0.2) is 5.82 Å². The first-order valence-electron chi connectivity index (χ1n) is 11.1. The van der Waals surface area contributed by atoms with Crippen LogP contribution < -0.4 is 4.74 Å². The smallest absolute Gasteiger partial charge is 0.303 e. The van der Waals surface area contributed by atoms with Gasteiger partial charge in [-0.2, -0.15) is 0 Å². The molecular formula is C26H28FN3O3. The summed E-state index contributed by atoms with van der Waals surface area (Å²) in [6.07, 6.45) is 2.64. The molecule has 0 amide bonds. The maximum absolute atomic E-state index is 14.8. The standard InChI is InChI=1S/C26H28FN3O3/c1-17-3-5-19(6-4-17)16-33-21-7-8-22(23(27)12-21)26-28-13-20-15-30(10-9-24(20)29-26)14-18(2)11-25(31)32/h3-8,12-13,18H,9-11,14-16H2,1-2H3,(H,31,32). The molecule has 2 aromatic carbocycles. The van der Waals surface area contributed by atoms with E-state index >= 15 is 0 Å². The van der Waals surface area contributed by atoms with Crippen molar-refractivity contribution in [3.05, 3.63) is 76.9 Å².